The van der Waals surface area contributed by atoms with Gasteiger partial charge in [-0.25, -0.2) is 15.0 Å². The number of primary amides is 1. The number of benzene rings is 2. The molecule has 4 aromatic rings. The molecule has 202 valence electrons. The van der Waals surface area contributed by atoms with Gasteiger partial charge < -0.3 is 26.7 Å². The third kappa shape index (κ3) is 6.23. The van der Waals surface area contributed by atoms with E-state index in [0.29, 0.717) is 26.1 Å². The number of amides is 2. The number of carbonyl (C=O) groups is 2. The predicted octanol–water partition coefficient (Wildman–Crippen LogP) is 2.62. The average Bonchev–Trinajstić information content (AvgIpc) is 3.31. The Labute approximate surface area is 227 Å². The van der Waals surface area contributed by atoms with Crippen LogP contribution in [-0.4, -0.2) is 55.4 Å². The van der Waals surface area contributed by atoms with E-state index in [4.69, 9.17) is 22.2 Å². The van der Waals surface area contributed by atoms with Gasteiger partial charge in [-0.15, -0.1) is 0 Å². The van der Waals surface area contributed by atoms with E-state index in [-0.39, 0.29) is 42.6 Å². The molecule has 3 heterocycles. The second kappa shape index (κ2) is 11.6. The molecule has 5 rings (SSSR count). The Hall–Kier alpha value is -4.31. The highest BCUT2D eigenvalue weighted by molar-refractivity contribution is 5.78. The Morgan fingerprint density at radius 2 is 1.77 bits per heavy atom. The summed E-state index contributed by atoms with van der Waals surface area (Å²) in [6, 6.07) is 15.6. The number of fused-ring (bicyclic) bond motifs is 1. The standard InChI is InChI=1S/C29H34N8O2/c30-23(14-19-7-9-20(10-8-19)22-16-33-29(32)34-17-22)15-27(39)36-12-3-4-21(18-36)28-35-24-5-1-2-6-25(24)37(28)13-11-26(31)38/h1-2,5-10,16-17,21,23H,3-4,11-15,18,30H2,(H2,31,38)(H2,32,33,34)/t21-,23-/m1/s1. The van der Waals surface area contributed by atoms with Crippen molar-refractivity contribution in [3.63, 3.8) is 0 Å². The molecule has 10 heteroatoms. The van der Waals surface area contributed by atoms with Gasteiger partial charge in [-0.3, -0.25) is 9.59 Å². The largest absolute Gasteiger partial charge is 0.370 e. The minimum Gasteiger partial charge on any atom is -0.370 e. The first-order chi connectivity index (χ1) is 18.9. The Morgan fingerprint density at radius 1 is 1.03 bits per heavy atom. The summed E-state index contributed by atoms with van der Waals surface area (Å²) in [4.78, 5) is 39.6. The maximum Gasteiger partial charge on any atom is 0.224 e. The second-order valence-corrected chi connectivity index (χ2v) is 10.2. The molecule has 0 radical (unpaired) electrons. The number of imidazole rings is 1. The van der Waals surface area contributed by atoms with Crippen molar-refractivity contribution in [1.82, 2.24) is 24.4 Å². The van der Waals surface area contributed by atoms with E-state index in [9.17, 15) is 9.59 Å². The Bertz CT molecular complexity index is 1450. The van der Waals surface area contributed by atoms with E-state index in [1.54, 1.807) is 12.4 Å². The van der Waals surface area contributed by atoms with E-state index in [1.807, 2.05) is 53.4 Å². The second-order valence-electron chi connectivity index (χ2n) is 10.2. The number of aromatic nitrogens is 4. The molecule has 0 saturated carbocycles. The van der Waals surface area contributed by atoms with Crippen molar-refractivity contribution >= 4 is 28.8 Å². The molecule has 1 saturated heterocycles. The third-order valence-corrected chi connectivity index (χ3v) is 7.30. The molecule has 2 amide bonds. The van der Waals surface area contributed by atoms with Gasteiger partial charge in [-0.05, 0) is 42.5 Å². The van der Waals surface area contributed by atoms with Crippen LogP contribution in [0.15, 0.2) is 60.9 Å². The minimum absolute atomic E-state index is 0.0580. The van der Waals surface area contributed by atoms with Crippen LogP contribution in [0.5, 0.6) is 0 Å². The Morgan fingerprint density at radius 3 is 2.51 bits per heavy atom. The van der Waals surface area contributed by atoms with Crippen molar-refractivity contribution in [1.29, 1.82) is 0 Å². The van der Waals surface area contributed by atoms with Gasteiger partial charge in [0.25, 0.3) is 0 Å². The molecule has 39 heavy (non-hydrogen) atoms. The summed E-state index contributed by atoms with van der Waals surface area (Å²) in [5.74, 6) is 0.951. The van der Waals surface area contributed by atoms with Crippen LogP contribution in [0.2, 0.25) is 0 Å². The molecular weight excluding hydrogens is 492 g/mol. The maximum atomic E-state index is 13.2. The molecule has 1 fully saturated rings. The topological polar surface area (TPSA) is 159 Å². The van der Waals surface area contributed by atoms with Crippen molar-refractivity contribution in [3.8, 4) is 11.1 Å². The fourth-order valence-electron chi connectivity index (χ4n) is 5.33. The van der Waals surface area contributed by atoms with E-state index in [1.165, 1.54) is 0 Å². The zero-order chi connectivity index (χ0) is 27.4. The molecule has 0 spiro atoms. The highest BCUT2D eigenvalue weighted by Crippen LogP contribution is 2.30. The van der Waals surface area contributed by atoms with Crippen LogP contribution in [0.1, 0.15) is 43.0 Å². The summed E-state index contributed by atoms with van der Waals surface area (Å²) < 4.78 is 2.09. The Kier molecular flexibility index (Phi) is 7.83. The SMILES string of the molecule is NC(=O)CCn1c([C@@H]2CCCN(C(=O)C[C@H](N)Cc3ccc(-c4cnc(N)nc4)cc3)C2)nc2ccccc21. The van der Waals surface area contributed by atoms with Gasteiger partial charge in [0.2, 0.25) is 17.8 Å². The molecule has 6 N–H and O–H groups in total. The zero-order valence-electron chi connectivity index (χ0n) is 21.9. The van der Waals surface area contributed by atoms with E-state index < -0.39 is 0 Å². The fraction of sp³-hybridized carbons (Fsp3) is 0.345. The van der Waals surface area contributed by atoms with E-state index >= 15 is 0 Å². The predicted molar refractivity (Wildman–Crippen MR) is 150 cm³/mol. The number of para-hydroxylation sites is 2. The molecule has 1 aliphatic heterocycles. The number of hydrogen-bond donors (Lipinski definition) is 3. The summed E-state index contributed by atoms with van der Waals surface area (Å²) in [6.45, 7) is 1.77. The minimum atomic E-state index is -0.345. The van der Waals surface area contributed by atoms with Crippen molar-refractivity contribution < 1.29 is 9.59 Å². The van der Waals surface area contributed by atoms with E-state index in [2.05, 4.69) is 14.5 Å². The number of nitrogens with two attached hydrogens (primary N) is 3. The van der Waals surface area contributed by atoms with Crippen molar-refractivity contribution in [2.75, 3.05) is 18.8 Å². The summed E-state index contributed by atoms with van der Waals surface area (Å²) in [5, 5.41) is 0. The summed E-state index contributed by atoms with van der Waals surface area (Å²) >= 11 is 0. The fourth-order valence-corrected chi connectivity index (χ4v) is 5.33. The van der Waals surface area contributed by atoms with Crippen LogP contribution in [0.4, 0.5) is 5.95 Å². The number of aryl methyl sites for hydroxylation is 1. The molecule has 10 nitrogen and oxygen atoms in total. The number of hydrogen-bond acceptors (Lipinski definition) is 7. The molecular formula is C29H34N8O2. The first-order valence-corrected chi connectivity index (χ1v) is 13.3. The molecule has 0 bridgehead atoms. The number of likely N-dealkylation sites (tertiary alicyclic amines) is 1. The number of nitrogen functional groups attached to an aromatic ring is 1. The van der Waals surface area contributed by atoms with Crippen LogP contribution in [-0.2, 0) is 22.6 Å². The third-order valence-electron chi connectivity index (χ3n) is 7.30. The average molecular weight is 527 g/mol. The van der Waals surface area contributed by atoms with Gasteiger partial charge in [0.05, 0.1) is 11.0 Å². The summed E-state index contributed by atoms with van der Waals surface area (Å²) in [6.07, 6.45) is 6.33. The highest BCUT2D eigenvalue weighted by atomic mass is 16.2. The first-order valence-electron chi connectivity index (χ1n) is 13.3. The lowest BCUT2D eigenvalue weighted by Gasteiger charge is -2.33. The monoisotopic (exact) mass is 526 g/mol. The number of piperidine rings is 1. The van der Waals surface area contributed by atoms with Gasteiger partial charge in [0.15, 0.2) is 0 Å². The molecule has 2 aromatic carbocycles. The highest BCUT2D eigenvalue weighted by Gasteiger charge is 2.29. The molecule has 0 unspecified atom stereocenters. The van der Waals surface area contributed by atoms with Crippen molar-refractivity contribution in [2.24, 2.45) is 11.5 Å². The van der Waals surface area contributed by atoms with Gasteiger partial charge in [-0.2, -0.15) is 0 Å². The quantitative estimate of drug-likeness (QED) is 0.302. The van der Waals surface area contributed by atoms with Gasteiger partial charge in [0.1, 0.15) is 5.82 Å². The van der Waals surface area contributed by atoms with Crippen LogP contribution < -0.4 is 17.2 Å². The zero-order valence-corrected chi connectivity index (χ0v) is 21.9. The number of nitrogens with zero attached hydrogens (tertiary/aromatic N) is 5. The normalized spacial score (nSPS) is 16.3. The molecule has 0 aliphatic carbocycles. The van der Waals surface area contributed by atoms with Crippen molar-refractivity contribution in [2.45, 2.75) is 50.6 Å². The first kappa shape index (κ1) is 26.3. The van der Waals surface area contributed by atoms with Crippen molar-refractivity contribution in [3.05, 3.63) is 72.3 Å². The summed E-state index contributed by atoms with van der Waals surface area (Å²) in [5.41, 5.74) is 22.2. The number of anilines is 1. The molecule has 1 aliphatic rings. The molecule has 2 atom stereocenters. The smallest absolute Gasteiger partial charge is 0.224 e. The maximum absolute atomic E-state index is 13.2. The lowest BCUT2D eigenvalue weighted by Crippen LogP contribution is -2.42. The Balaban J connectivity index is 1.22. The molecule has 2 aromatic heterocycles. The number of rotatable bonds is 9. The van der Waals surface area contributed by atoms with Crippen LogP contribution in [0.3, 0.4) is 0 Å². The van der Waals surface area contributed by atoms with E-state index in [0.717, 1.165) is 46.4 Å². The lowest BCUT2D eigenvalue weighted by molar-refractivity contribution is -0.132. The van der Waals surface area contributed by atoms with Crippen LogP contribution in [0, 0.1) is 0 Å². The van der Waals surface area contributed by atoms with Gasteiger partial charge >= 0.3 is 0 Å². The number of carbonyl (C=O) groups excluding carboxylic acids is 2. The van der Waals surface area contributed by atoms with Gasteiger partial charge in [-0.1, -0.05) is 36.4 Å². The lowest BCUT2D eigenvalue weighted by atomic mass is 9.95. The van der Waals surface area contributed by atoms with Crippen LogP contribution in [0.25, 0.3) is 22.2 Å². The van der Waals surface area contributed by atoms with Crippen LogP contribution >= 0.6 is 0 Å². The van der Waals surface area contributed by atoms with Gasteiger partial charge in [0, 0.05) is 62.4 Å². The summed E-state index contributed by atoms with van der Waals surface area (Å²) in [7, 11) is 0.